The van der Waals surface area contributed by atoms with Crippen LogP contribution in [-0.2, 0) is 11.2 Å². The van der Waals surface area contributed by atoms with Gasteiger partial charge in [-0.05, 0) is 31.9 Å². The quantitative estimate of drug-likeness (QED) is 0.866. The first kappa shape index (κ1) is 13.3. The van der Waals surface area contributed by atoms with Gasteiger partial charge in [0.05, 0.1) is 12.1 Å². The summed E-state index contributed by atoms with van der Waals surface area (Å²) in [5, 5.41) is 7.77. The number of aromatic nitrogens is 2. The van der Waals surface area contributed by atoms with Crippen LogP contribution in [0.4, 0.5) is 0 Å². The SMILES string of the molecule is CCC(C)n1ccc(CC(=O)C2CNCC2C)n1. The number of nitrogens with zero attached hydrogens (tertiary/aromatic N) is 2. The van der Waals surface area contributed by atoms with Crippen LogP contribution >= 0.6 is 0 Å². The van der Waals surface area contributed by atoms with Crippen molar-refractivity contribution in [1.82, 2.24) is 15.1 Å². The molecule has 0 aromatic carbocycles. The average Bonchev–Trinajstić information content (AvgIpc) is 2.97. The summed E-state index contributed by atoms with van der Waals surface area (Å²) >= 11 is 0. The molecule has 2 rings (SSSR count). The Morgan fingerprint density at radius 2 is 2.39 bits per heavy atom. The van der Waals surface area contributed by atoms with E-state index in [0.29, 0.717) is 24.2 Å². The number of hydrogen-bond donors (Lipinski definition) is 1. The molecule has 0 aliphatic carbocycles. The minimum absolute atomic E-state index is 0.166. The van der Waals surface area contributed by atoms with E-state index >= 15 is 0 Å². The molecule has 100 valence electrons. The molecule has 0 radical (unpaired) electrons. The van der Waals surface area contributed by atoms with Gasteiger partial charge in [0, 0.05) is 24.7 Å². The van der Waals surface area contributed by atoms with Gasteiger partial charge in [-0.15, -0.1) is 0 Å². The van der Waals surface area contributed by atoms with E-state index in [9.17, 15) is 4.79 Å². The highest BCUT2D eigenvalue weighted by Gasteiger charge is 2.29. The predicted molar refractivity (Wildman–Crippen MR) is 71.5 cm³/mol. The molecule has 1 aliphatic rings. The van der Waals surface area contributed by atoms with Crippen LogP contribution in [0.5, 0.6) is 0 Å². The summed E-state index contributed by atoms with van der Waals surface area (Å²) in [4.78, 5) is 12.2. The van der Waals surface area contributed by atoms with Crippen LogP contribution in [-0.4, -0.2) is 28.7 Å². The van der Waals surface area contributed by atoms with E-state index in [1.807, 2.05) is 16.9 Å². The fraction of sp³-hybridized carbons (Fsp3) is 0.714. The topological polar surface area (TPSA) is 46.9 Å². The summed E-state index contributed by atoms with van der Waals surface area (Å²) in [6, 6.07) is 2.37. The zero-order valence-corrected chi connectivity index (χ0v) is 11.5. The molecule has 1 fully saturated rings. The van der Waals surface area contributed by atoms with Gasteiger partial charge >= 0.3 is 0 Å². The standard InChI is InChI=1S/C14H23N3O/c1-4-11(3)17-6-5-12(16-17)7-14(18)13-9-15-8-10(13)2/h5-6,10-11,13,15H,4,7-9H2,1-3H3. The van der Waals surface area contributed by atoms with Gasteiger partial charge < -0.3 is 5.32 Å². The number of hydrogen-bond acceptors (Lipinski definition) is 3. The maximum absolute atomic E-state index is 12.2. The second-order valence-electron chi connectivity index (χ2n) is 5.43. The lowest BCUT2D eigenvalue weighted by molar-refractivity contribution is -0.122. The van der Waals surface area contributed by atoms with E-state index in [1.54, 1.807) is 0 Å². The first-order valence-corrected chi connectivity index (χ1v) is 6.89. The smallest absolute Gasteiger partial charge is 0.143 e. The van der Waals surface area contributed by atoms with Crippen LogP contribution in [0.15, 0.2) is 12.3 Å². The number of carbonyl (C=O) groups is 1. The van der Waals surface area contributed by atoms with Gasteiger partial charge in [-0.25, -0.2) is 0 Å². The van der Waals surface area contributed by atoms with Crippen LogP contribution in [0.25, 0.3) is 0 Å². The number of rotatable bonds is 5. The van der Waals surface area contributed by atoms with Gasteiger partial charge in [-0.3, -0.25) is 9.48 Å². The second kappa shape index (κ2) is 5.65. The third kappa shape index (κ3) is 2.80. The lowest BCUT2D eigenvalue weighted by Gasteiger charge is -2.12. The molecule has 18 heavy (non-hydrogen) atoms. The van der Waals surface area contributed by atoms with E-state index in [0.717, 1.165) is 25.2 Å². The van der Waals surface area contributed by atoms with Crippen LogP contribution in [0.3, 0.4) is 0 Å². The Labute approximate surface area is 109 Å². The van der Waals surface area contributed by atoms with Crippen LogP contribution in [0.1, 0.15) is 38.9 Å². The molecule has 2 heterocycles. The highest BCUT2D eigenvalue weighted by Crippen LogP contribution is 2.19. The Morgan fingerprint density at radius 1 is 1.61 bits per heavy atom. The van der Waals surface area contributed by atoms with Crippen molar-refractivity contribution in [2.45, 2.75) is 39.7 Å². The first-order valence-electron chi connectivity index (χ1n) is 6.89. The summed E-state index contributed by atoms with van der Waals surface area (Å²) in [7, 11) is 0. The zero-order chi connectivity index (χ0) is 13.1. The van der Waals surface area contributed by atoms with Gasteiger partial charge in [0.15, 0.2) is 0 Å². The van der Waals surface area contributed by atoms with Crippen molar-refractivity contribution in [1.29, 1.82) is 0 Å². The molecule has 4 nitrogen and oxygen atoms in total. The third-order valence-corrected chi connectivity index (χ3v) is 3.99. The molecule has 1 N–H and O–H groups in total. The lowest BCUT2D eigenvalue weighted by Crippen LogP contribution is -2.23. The molecule has 1 saturated heterocycles. The van der Waals surface area contributed by atoms with E-state index in [2.05, 4.69) is 31.2 Å². The molecular formula is C14H23N3O. The summed E-state index contributed by atoms with van der Waals surface area (Å²) in [5.41, 5.74) is 0.902. The summed E-state index contributed by atoms with van der Waals surface area (Å²) in [5.74, 6) is 0.940. The number of carbonyl (C=O) groups excluding carboxylic acids is 1. The van der Waals surface area contributed by atoms with Crippen molar-refractivity contribution in [3.8, 4) is 0 Å². The Balaban J connectivity index is 1.97. The van der Waals surface area contributed by atoms with E-state index in [1.165, 1.54) is 0 Å². The fourth-order valence-electron chi connectivity index (χ4n) is 2.45. The van der Waals surface area contributed by atoms with Crippen LogP contribution in [0.2, 0.25) is 0 Å². The number of Topliss-reactive ketones (excluding diaryl/α,β-unsaturated/α-hetero) is 1. The Hall–Kier alpha value is -1.16. The van der Waals surface area contributed by atoms with Gasteiger partial charge in [0.25, 0.3) is 0 Å². The van der Waals surface area contributed by atoms with Crippen LogP contribution in [0, 0.1) is 11.8 Å². The van der Waals surface area contributed by atoms with Crippen molar-refractivity contribution in [3.05, 3.63) is 18.0 Å². The summed E-state index contributed by atoms with van der Waals surface area (Å²) in [6.45, 7) is 8.20. The van der Waals surface area contributed by atoms with E-state index < -0.39 is 0 Å². The Bertz CT molecular complexity index is 413. The third-order valence-electron chi connectivity index (χ3n) is 3.99. The number of nitrogens with one attached hydrogen (secondary N) is 1. The van der Waals surface area contributed by atoms with Crippen LogP contribution < -0.4 is 5.32 Å². The van der Waals surface area contributed by atoms with Gasteiger partial charge in [-0.1, -0.05) is 13.8 Å². The van der Waals surface area contributed by atoms with Crippen molar-refractivity contribution in [2.75, 3.05) is 13.1 Å². The summed E-state index contributed by atoms with van der Waals surface area (Å²) < 4.78 is 1.96. The highest BCUT2D eigenvalue weighted by atomic mass is 16.1. The molecule has 4 heteroatoms. The molecule has 1 aromatic rings. The Morgan fingerprint density at radius 3 is 3.00 bits per heavy atom. The Kier molecular flexibility index (Phi) is 4.17. The lowest BCUT2D eigenvalue weighted by atomic mass is 9.91. The normalized spacial score (nSPS) is 25.3. The molecule has 0 saturated carbocycles. The fourth-order valence-corrected chi connectivity index (χ4v) is 2.45. The molecule has 1 aliphatic heterocycles. The minimum Gasteiger partial charge on any atom is -0.316 e. The second-order valence-corrected chi connectivity index (χ2v) is 5.43. The molecular weight excluding hydrogens is 226 g/mol. The summed E-state index contributed by atoms with van der Waals surface area (Å²) in [6.07, 6.45) is 3.51. The average molecular weight is 249 g/mol. The maximum atomic E-state index is 12.2. The predicted octanol–water partition coefficient (Wildman–Crippen LogP) is 1.82. The molecule has 0 spiro atoms. The van der Waals surface area contributed by atoms with Gasteiger partial charge in [0.1, 0.15) is 5.78 Å². The monoisotopic (exact) mass is 249 g/mol. The van der Waals surface area contributed by atoms with E-state index in [4.69, 9.17) is 0 Å². The first-order chi connectivity index (χ1) is 8.61. The highest BCUT2D eigenvalue weighted by molar-refractivity contribution is 5.83. The van der Waals surface area contributed by atoms with Crippen molar-refractivity contribution in [3.63, 3.8) is 0 Å². The molecule has 0 amide bonds. The van der Waals surface area contributed by atoms with E-state index in [-0.39, 0.29) is 5.92 Å². The molecule has 0 bridgehead atoms. The molecule has 3 unspecified atom stereocenters. The maximum Gasteiger partial charge on any atom is 0.143 e. The zero-order valence-electron chi connectivity index (χ0n) is 11.5. The van der Waals surface area contributed by atoms with Crippen molar-refractivity contribution in [2.24, 2.45) is 11.8 Å². The molecule has 1 aromatic heterocycles. The number of ketones is 1. The van der Waals surface area contributed by atoms with Gasteiger partial charge in [0.2, 0.25) is 0 Å². The van der Waals surface area contributed by atoms with Crippen molar-refractivity contribution < 1.29 is 4.79 Å². The molecule has 3 atom stereocenters. The van der Waals surface area contributed by atoms with Crippen molar-refractivity contribution >= 4 is 5.78 Å². The minimum atomic E-state index is 0.166. The largest absolute Gasteiger partial charge is 0.316 e. The van der Waals surface area contributed by atoms with Gasteiger partial charge in [-0.2, -0.15) is 5.10 Å².